The maximum Gasteiger partial charge on any atom is 0.460 e. The van der Waals surface area contributed by atoms with Crippen LogP contribution in [-0.4, -0.2) is 52.4 Å². The van der Waals surface area contributed by atoms with E-state index in [1.54, 1.807) is 0 Å². The minimum absolute atomic E-state index is 0.0762. The third kappa shape index (κ3) is 3.73. The molecule has 0 spiro atoms. The van der Waals surface area contributed by atoms with Gasteiger partial charge in [-0.3, -0.25) is 14.9 Å². The van der Waals surface area contributed by atoms with E-state index in [1.807, 2.05) is 0 Å². The Morgan fingerprint density at radius 2 is 1.00 bits per heavy atom. The van der Waals surface area contributed by atoms with E-state index in [4.69, 9.17) is 0 Å². The van der Waals surface area contributed by atoms with E-state index >= 15 is 0 Å². The van der Waals surface area contributed by atoms with Crippen LogP contribution in [0.1, 0.15) is 10.4 Å². The molecular formula is C14H4F15NO3. The number of hydrogen-bond acceptors (Lipinski definition) is 3. The molecule has 0 N–H and O–H groups in total. The summed E-state index contributed by atoms with van der Waals surface area (Å²) in [7, 11) is 0. The van der Waals surface area contributed by atoms with Crippen LogP contribution in [-0.2, 0) is 0 Å². The van der Waals surface area contributed by atoms with Crippen LogP contribution < -0.4 is 0 Å². The number of nitro benzene ring substituents is 1. The van der Waals surface area contributed by atoms with Gasteiger partial charge < -0.3 is 0 Å². The lowest BCUT2D eigenvalue weighted by atomic mass is 9.88. The molecule has 0 heterocycles. The molecule has 1 rings (SSSR count). The number of para-hydroxylation sites is 1. The van der Waals surface area contributed by atoms with Crippen LogP contribution in [0.3, 0.4) is 0 Å². The van der Waals surface area contributed by atoms with Crippen LogP contribution in [0, 0.1) is 10.1 Å². The lowest BCUT2D eigenvalue weighted by Gasteiger charge is -2.41. The minimum atomic E-state index is -8.56. The third-order valence-corrected chi connectivity index (χ3v) is 3.96. The maximum atomic E-state index is 13.9. The molecule has 0 radical (unpaired) electrons. The summed E-state index contributed by atoms with van der Waals surface area (Å²) >= 11 is 0. The van der Waals surface area contributed by atoms with E-state index in [0.29, 0.717) is 12.1 Å². The number of benzene rings is 1. The van der Waals surface area contributed by atoms with Gasteiger partial charge in [0.2, 0.25) is 5.78 Å². The molecule has 0 saturated heterocycles. The van der Waals surface area contributed by atoms with Gasteiger partial charge in [-0.15, -0.1) is 0 Å². The minimum Gasteiger partial charge on any atom is -0.287 e. The molecule has 0 amide bonds. The topological polar surface area (TPSA) is 60.2 Å². The zero-order valence-corrected chi connectivity index (χ0v) is 14.7. The standard InChI is InChI=1S/C14H4F15NO3/c15-8(16,7(31)5-3-1-2-4-6(5)30(32)33)9(17,18)10(19,20)11(21,22)12(23,24)13(25,26)14(27,28)29/h1-4H. The second kappa shape index (κ2) is 7.64. The van der Waals surface area contributed by atoms with E-state index < -0.39 is 63.7 Å². The summed E-state index contributed by atoms with van der Waals surface area (Å²) in [5, 5.41) is 10.7. The highest BCUT2D eigenvalue weighted by Gasteiger charge is 2.94. The Morgan fingerprint density at radius 3 is 1.39 bits per heavy atom. The largest absolute Gasteiger partial charge is 0.460 e. The Kier molecular flexibility index (Phi) is 6.55. The number of alkyl halides is 15. The monoisotopic (exact) mass is 519 g/mol. The van der Waals surface area contributed by atoms with Crippen LogP contribution in [0.2, 0.25) is 0 Å². The lowest BCUT2D eigenvalue weighted by Crippen LogP contribution is -2.73. The Labute approximate surface area is 170 Å². The molecule has 1 aromatic rings. The molecule has 0 saturated carbocycles. The van der Waals surface area contributed by atoms with Gasteiger partial charge in [0.15, 0.2) is 0 Å². The molecule has 33 heavy (non-hydrogen) atoms. The van der Waals surface area contributed by atoms with Crippen molar-refractivity contribution in [3.05, 3.63) is 39.9 Å². The number of carbonyl (C=O) groups excluding carboxylic acids is 1. The molecule has 0 unspecified atom stereocenters. The molecule has 19 heteroatoms. The Hall–Kier alpha value is -2.76. The van der Waals surface area contributed by atoms with Crippen LogP contribution >= 0.6 is 0 Å². The molecule has 188 valence electrons. The highest BCUT2D eigenvalue weighted by molar-refractivity contribution is 6.05. The predicted molar refractivity (Wildman–Crippen MR) is 73.2 cm³/mol. The van der Waals surface area contributed by atoms with Gasteiger partial charge in [0.05, 0.1) is 4.92 Å². The van der Waals surface area contributed by atoms with Gasteiger partial charge in [-0.25, -0.2) is 0 Å². The molecule has 1 aromatic carbocycles. The number of halogens is 15. The first-order valence-corrected chi connectivity index (χ1v) is 7.45. The first-order chi connectivity index (χ1) is 14.3. The van der Waals surface area contributed by atoms with Gasteiger partial charge in [0, 0.05) is 6.07 Å². The second-order valence-electron chi connectivity index (χ2n) is 6.05. The quantitative estimate of drug-likeness (QED) is 0.179. The van der Waals surface area contributed by atoms with E-state index in [-0.39, 0.29) is 12.1 Å². The Morgan fingerprint density at radius 1 is 0.636 bits per heavy atom. The van der Waals surface area contributed by atoms with Gasteiger partial charge in [-0.05, 0) is 6.07 Å². The van der Waals surface area contributed by atoms with E-state index in [9.17, 15) is 80.8 Å². The molecule has 0 aliphatic heterocycles. The van der Waals surface area contributed by atoms with Crippen molar-refractivity contribution < 1.29 is 75.6 Å². The van der Waals surface area contributed by atoms with Crippen molar-refractivity contribution in [1.82, 2.24) is 0 Å². The molecular weight excluding hydrogens is 515 g/mol. The number of rotatable bonds is 8. The summed E-state index contributed by atoms with van der Waals surface area (Å²) in [5.41, 5.74) is -3.93. The van der Waals surface area contributed by atoms with Gasteiger partial charge in [-0.2, -0.15) is 65.9 Å². The summed E-state index contributed by atoms with van der Waals surface area (Å²) in [6, 6.07) is 1.15. The maximum absolute atomic E-state index is 13.9. The first-order valence-electron chi connectivity index (χ1n) is 7.45. The van der Waals surface area contributed by atoms with Crippen molar-refractivity contribution >= 4 is 11.5 Å². The summed E-state index contributed by atoms with van der Waals surface area (Å²) in [5.74, 6) is -52.7. The molecule has 0 atom stereocenters. The number of Topliss-reactive ketones (excluding diaryl/α,β-unsaturated/α-hetero) is 1. The highest BCUT2D eigenvalue weighted by atomic mass is 19.4. The zero-order chi connectivity index (χ0) is 26.6. The average molecular weight is 519 g/mol. The van der Waals surface area contributed by atoms with E-state index in [0.717, 1.165) is 0 Å². The number of ketones is 1. The number of carbonyl (C=O) groups is 1. The Bertz CT molecular complexity index is 938. The van der Waals surface area contributed by atoms with Crippen molar-refractivity contribution in [1.29, 1.82) is 0 Å². The summed E-state index contributed by atoms with van der Waals surface area (Å²) < 4.78 is 197. The lowest BCUT2D eigenvalue weighted by molar-refractivity contribution is -0.449. The van der Waals surface area contributed by atoms with Crippen LogP contribution in [0.4, 0.5) is 71.5 Å². The van der Waals surface area contributed by atoms with Gasteiger partial charge in [0.25, 0.3) is 5.69 Å². The van der Waals surface area contributed by atoms with Crippen LogP contribution in [0.15, 0.2) is 24.3 Å². The van der Waals surface area contributed by atoms with E-state index in [2.05, 4.69) is 0 Å². The fraction of sp³-hybridized carbons (Fsp3) is 0.500. The predicted octanol–water partition coefficient (Wildman–Crippen LogP) is 6.15. The van der Waals surface area contributed by atoms with E-state index in [1.165, 1.54) is 0 Å². The van der Waals surface area contributed by atoms with Crippen molar-refractivity contribution in [2.24, 2.45) is 0 Å². The normalized spacial score (nSPS) is 14.9. The van der Waals surface area contributed by atoms with Crippen LogP contribution in [0.25, 0.3) is 0 Å². The number of nitro groups is 1. The van der Waals surface area contributed by atoms with Crippen molar-refractivity contribution in [2.75, 3.05) is 0 Å². The van der Waals surface area contributed by atoms with Crippen molar-refractivity contribution in [2.45, 2.75) is 41.7 Å². The molecule has 0 aliphatic rings. The smallest absolute Gasteiger partial charge is 0.287 e. The summed E-state index contributed by atoms with van der Waals surface area (Å²) in [4.78, 5) is 20.5. The summed E-state index contributed by atoms with van der Waals surface area (Å²) in [6.45, 7) is 0. The average Bonchev–Trinajstić information content (AvgIpc) is 2.65. The molecule has 0 aliphatic carbocycles. The number of hydrogen-bond donors (Lipinski definition) is 0. The SMILES string of the molecule is O=C(c1ccccc1[N+](=O)[O-])C(F)(F)C(F)(F)C(F)(F)C(F)(F)C(F)(F)C(F)(F)C(F)(F)F. The number of nitrogens with zero attached hydrogens (tertiary/aromatic N) is 1. The van der Waals surface area contributed by atoms with Gasteiger partial charge in [0.1, 0.15) is 5.56 Å². The highest BCUT2D eigenvalue weighted by Crippen LogP contribution is 2.62. The molecule has 0 bridgehead atoms. The fourth-order valence-corrected chi connectivity index (χ4v) is 2.10. The van der Waals surface area contributed by atoms with Crippen LogP contribution in [0.5, 0.6) is 0 Å². The Balaban J connectivity index is 3.71. The van der Waals surface area contributed by atoms with Crippen molar-refractivity contribution in [3.8, 4) is 0 Å². The van der Waals surface area contributed by atoms with Crippen molar-refractivity contribution in [3.63, 3.8) is 0 Å². The third-order valence-electron chi connectivity index (χ3n) is 3.96. The van der Waals surface area contributed by atoms with Gasteiger partial charge in [-0.1, -0.05) is 12.1 Å². The molecule has 0 aromatic heterocycles. The fourth-order valence-electron chi connectivity index (χ4n) is 2.10. The first kappa shape index (κ1) is 28.3. The molecule has 4 nitrogen and oxygen atoms in total. The summed E-state index contributed by atoms with van der Waals surface area (Å²) in [6.07, 6.45) is -7.76. The van der Waals surface area contributed by atoms with Gasteiger partial charge >= 0.3 is 41.7 Å². The zero-order valence-electron chi connectivity index (χ0n) is 14.7. The molecule has 0 fully saturated rings. The second-order valence-corrected chi connectivity index (χ2v) is 6.05.